The van der Waals surface area contributed by atoms with E-state index in [4.69, 9.17) is 21.4 Å². The van der Waals surface area contributed by atoms with Gasteiger partial charge < -0.3 is 9.84 Å². The van der Waals surface area contributed by atoms with E-state index in [2.05, 4.69) is 4.98 Å². The van der Waals surface area contributed by atoms with Gasteiger partial charge in [0.15, 0.2) is 0 Å². The van der Waals surface area contributed by atoms with E-state index >= 15 is 0 Å². The summed E-state index contributed by atoms with van der Waals surface area (Å²) in [5.74, 6) is 0.428. The van der Waals surface area contributed by atoms with Gasteiger partial charge in [-0.05, 0) is 55.5 Å². The van der Waals surface area contributed by atoms with Gasteiger partial charge in [0.25, 0.3) is 0 Å². The van der Waals surface area contributed by atoms with Crippen molar-refractivity contribution in [3.63, 3.8) is 0 Å². The number of carboxylic acid groups (broad SMARTS) is 1. The number of aromatic nitrogens is 1. The third-order valence-corrected chi connectivity index (χ3v) is 4.59. The van der Waals surface area contributed by atoms with Gasteiger partial charge in [0.05, 0.1) is 5.69 Å². The summed E-state index contributed by atoms with van der Waals surface area (Å²) in [4.78, 5) is 15.7. The predicted molar refractivity (Wildman–Crippen MR) is 90.8 cm³/mol. The van der Waals surface area contributed by atoms with Crippen LogP contribution < -0.4 is 4.74 Å². The Hall–Kier alpha value is -2.37. The number of carbonyl (C=O) groups is 1. The van der Waals surface area contributed by atoms with Crippen LogP contribution in [0.1, 0.15) is 15.4 Å². The van der Waals surface area contributed by atoms with Crippen LogP contribution >= 0.6 is 22.9 Å². The van der Waals surface area contributed by atoms with Crippen LogP contribution in [0.3, 0.4) is 0 Å². The second kappa shape index (κ2) is 6.40. The summed E-state index contributed by atoms with van der Waals surface area (Å²) in [5, 5.41) is 10.4. The summed E-state index contributed by atoms with van der Waals surface area (Å²) in [5.41, 5.74) is 1.38. The molecule has 0 unspecified atom stereocenters. The number of aromatic carboxylic acids is 1. The molecule has 0 fully saturated rings. The van der Waals surface area contributed by atoms with Crippen molar-refractivity contribution in [3.8, 4) is 22.1 Å². The molecule has 0 radical (unpaired) electrons. The molecule has 0 saturated heterocycles. The van der Waals surface area contributed by atoms with Crippen LogP contribution in [0.5, 0.6) is 11.5 Å². The monoisotopic (exact) mass is 345 g/mol. The summed E-state index contributed by atoms with van der Waals surface area (Å²) in [6.45, 7) is 1.70. The van der Waals surface area contributed by atoms with E-state index in [1.54, 1.807) is 31.2 Å². The lowest BCUT2D eigenvalue weighted by Gasteiger charge is -2.06. The first-order valence-electron chi connectivity index (χ1n) is 6.77. The van der Waals surface area contributed by atoms with Gasteiger partial charge in [0.1, 0.15) is 21.4 Å². The highest BCUT2D eigenvalue weighted by Crippen LogP contribution is 2.30. The maximum absolute atomic E-state index is 11.1. The Morgan fingerprint density at radius 2 is 1.65 bits per heavy atom. The number of hydrogen-bond acceptors (Lipinski definition) is 4. The first-order chi connectivity index (χ1) is 11.0. The van der Waals surface area contributed by atoms with Gasteiger partial charge in [-0.3, -0.25) is 0 Å². The van der Waals surface area contributed by atoms with Crippen LogP contribution in [-0.2, 0) is 0 Å². The highest BCUT2D eigenvalue weighted by molar-refractivity contribution is 7.17. The molecule has 1 N–H and O–H groups in total. The third-order valence-electron chi connectivity index (χ3n) is 3.14. The Bertz CT molecular complexity index is 841. The molecule has 116 valence electrons. The Labute approximate surface area is 142 Å². The summed E-state index contributed by atoms with van der Waals surface area (Å²) in [6, 6.07) is 14.5. The number of rotatable bonds is 4. The van der Waals surface area contributed by atoms with Crippen molar-refractivity contribution < 1.29 is 14.6 Å². The van der Waals surface area contributed by atoms with E-state index < -0.39 is 5.97 Å². The Kier molecular flexibility index (Phi) is 4.32. The van der Waals surface area contributed by atoms with E-state index in [-0.39, 0.29) is 4.88 Å². The molecule has 0 bridgehead atoms. The summed E-state index contributed by atoms with van der Waals surface area (Å²) < 4.78 is 5.72. The maximum atomic E-state index is 11.1. The van der Waals surface area contributed by atoms with Crippen molar-refractivity contribution in [2.45, 2.75) is 6.92 Å². The smallest absolute Gasteiger partial charge is 0.347 e. The quantitative estimate of drug-likeness (QED) is 0.700. The molecule has 0 aliphatic carbocycles. The minimum Gasteiger partial charge on any atom is -0.477 e. The fraction of sp³-hybridized carbons (Fsp3) is 0.0588. The lowest BCUT2D eigenvalue weighted by atomic mass is 10.2. The van der Waals surface area contributed by atoms with Crippen molar-refractivity contribution in [1.29, 1.82) is 0 Å². The number of aryl methyl sites for hydroxylation is 1. The van der Waals surface area contributed by atoms with Crippen molar-refractivity contribution in [1.82, 2.24) is 4.98 Å². The Balaban J connectivity index is 1.80. The lowest BCUT2D eigenvalue weighted by Crippen LogP contribution is -1.94. The van der Waals surface area contributed by atoms with Crippen molar-refractivity contribution in [3.05, 3.63) is 64.1 Å². The molecule has 0 spiro atoms. The van der Waals surface area contributed by atoms with Gasteiger partial charge in [-0.15, -0.1) is 11.3 Å². The molecule has 1 aromatic heterocycles. The second-order valence-electron chi connectivity index (χ2n) is 4.82. The first-order valence-corrected chi connectivity index (χ1v) is 7.97. The molecule has 1 heterocycles. The molecule has 0 aliphatic rings. The normalized spacial score (nSPS) is 10.5. The molecule has 4 nitrogen and oxygen atoms in total. The van der Waals surface area contributed by atoms with Crippen molar-refractivity contribution in [2.24, 2.45) is 0 Å². The van der Waals surface area contributed by atoms with Gasteiger partial charge in [0, 0.05) is 10.6 Å². The molecular formula is C17H12ClNO3S. The van der Waals surface area contributed by atoms with Crippen LogP contribution in [0.25, 0.3) is 10.6 Å². The summed E-state index contributed by atoms with van der Waals surface area (Å²) in [6.07, 6.45) is 0. The third kappa shape index (κ3) is 3.52. The number of thiazole rings is 1. The van der Waals surface area contributed by atoms with E-state index in [1.807, 2.05) is 24.3 Å². The highest BCUT2D eigenvalue weighted by atomic mass is 35.5. The summed E-state index contributed by atoms with van der Waals surface area (Å²) >= 11 is 7.00. The number of halogens is 1. The number of hydrogen-bond donors (Lipinski definition) is 1. The average molecular weight is 346 g/mol. The number of benzene rings is 2. The zero-order valence-corrected chi connectivity index (χ0v) is 13.7. The topological polar surface area (TPSA) is 59.4 Å². The van der Waals surface area contributed by atoms with Gasteiger partial charge in [-0.2, -0.15) is 0 Å². The molecule has 0 saturated carbocycles. The molecule has 2 aromatic carbocycles. The SMILES string of the molecule is Cc1nc(-c2ccc(Oc3ccc(Cl)cc3)cc2)sc1C(=O)O. The Morgan fingerprint density at radius 1 is 1.09 bits per heavy atom. The number of nitrogens with zero attached hydrogens (tertiary/aromatic N) is 1. The van der Waals surface area contributed by atoms with Crippen molar-refractivity contribution in [2.75, 3.05) is 0 Å². The van der Waals surface area contributed by atoms with Crippen LogP contribution in [0.15, 0.2) is 48.5 Å². The van der Waals surface area contributed by atoms with E-state index in [9.17, 15) is 4.79 Å². The van der Waals surface area contributed by atoms with Crippen LogP contribution in [0.4, 0.5) is 0 Å². The first kappa shape index (κ1) is 15.5. The van der Waals surface area contributed by atoms with Gasteiger partial charge in [0.2, 0.25) is 0 Å². The second-order valence-corrected chi connectivity index (χ2v) is 6.25. The van der Waals surface area contributed by atoms with Crippen LogP contribution in [0.2, 0.25) is 5.02 Å². The zero-order valence-electron chi connectivity index (χ0n) is 12.1. The largest absolute Gasteiger partial charge is 0.477 e. The fourth-order valence-electron chi connectivity index (χ4n) is 2.02. The molecule has 3 rings (SSSR count). The average Bonchev–Trinajstić information content (AvgIpc) is 2.92. The van der Waals surface area contributed by atoms with Gasteiger partial charge in [-0.1, -0.05) is 11.6 Å². The van der Waals surface area contributed by atoms with Crippen LogP contribution in [-0.4, -0.2) is 16.1 Å². The molecule has 6 heteroatoms. The molecule has 0 aliphatic heterocycles. The van der Waals surface area contributed by atoms with E-state index in [0.717, 1.165) is 5.56 Å². The van der Waals surface area contributed by atoms with Gasteiger partial charge >= 0.3 is 5.97 Å². The molecule has 0 atom stereocenters. The Morgan fingerprint density at radius 3 is 2.17 bits per heavy atom. The molecular weight excluding hydrogens is 334 g/mol. The lowest BCUT2D eigenvalue weighted by molar-refractivity contribution is 0.0701. The predicted octanol–water partition coefficient (Wildman–Crippen LogP) is 5.26. The molecule has 3 aromatic rings. The van der Waals surface area contributed by atoms with E-state index in [1.165, 1.54) is 11.3 Å². The summed E-state index contributed by atoms with van der Waals surface area (Å²) in [7, 11) is 0. The highest BCUT2D eigenvalue weighted by Gasteiger charge is 2.14. The zero-order chi connectivity index (χ0) is 16.4. The minimum absolute atomic E-state index is 0.265. The van der Waals surface area contributed by atoms with Crippen LogP contribution in [0, 0.1) is 6.92 Å². The van der Waals surface area contributed by atoms with Crippen molar-refractivity contribution >= 4 is 28.9 Å². The number of ether oxygens (including phenoxy) is 1. The van der Waals surface area contributed by atoms with E-state index in [0.29, 0.717) is 27.2 Å². The minimum atomic E-state index is -0.950. The fourth-order valence-corrected chi connectivity index (χ4v) is 3.06. The number of carboxylic acids is 1. The molecule has 0 amide bonds. The van der Waals surface area contributed by atoms with Gasteiger partial charge in [-0.25, -0.2) is 9.78 Å². The molecule has 23 heavy (non-hydrogen) atoms. The standard InChI is InChI=1S/C17H12ClNO3S/c1-10-15(17(20)21)23-16(19-10)11-2-6-13(7-3-11)22-14-8-4-12(18)5-9-14/h2-9H,1H3,(H,20,21). The maximum Gasteiger partial charge on any atom is 0.347 e.